The molecule has 0 amide bonds. The highest BCUT2D eigenvalue weighted by molar-refractivity contribution is 9.10. The van der Waals surface area contributed by atoms with E-state index < -0.39 is 4.92 Å². The van der Waals surface area contributed by atoms with Crippen molar-refractivity contribution in [3.63, 3.8) is 0 Å². The minimum Gasteiger partial charge on any atom is -0.470 e. The average molecular weight is 346 g/mol. The van der Waals surface area contributed by atoms with Gasteiger partial charge in [0.1, 0.15) is 12.7 Å². The second-order valence-electron chi connectivity index (χ2n) is 5.18. The van der Waals surface area contributed by atoms with Gasteiger partial charge in [-0.15, -0.1) is 0 Å². The second-order valence-corrected chi connectivity index (χ2v) is 6.09. The smallest absolute Gasteiger partial charge is 0.332 e. The molecular weight excluding hydrogens is 330 g/mol. The molecule has 0 aliphatic carbocycles. The molecule has 20 heavy (non-hydrogen) atoms. The summed E-state index contributed by atoms with van der Waals surface area (Å²) in [6.45, 7) is 5.58. The van der Waals surface area contributed by atoms with E-state index >= 15 is 0 Å². The van der Waals surface area contributed by atoms with Crippen molar-refractivity contribution in [2.24, 2.45) is 0 Å². The fourth-order valence-corrected chi connectivity index (χ4v) is 2.31. The molecular formula is C12H16BrN3O4. The van der Waals surface area contributed by atoms with Crippen molar-refractivity contribution < 1.29 is 14.4 Å². The van der Waals surface area contributed by atoms with Crippen molar-refractivity contribution in [1.82, 2.24) is 10.3 Å². The zero-order chi connectivity index (χ0) is 14.8. The Bertz CT molecular complexity index is 509. The lowest BCUT2D eigenvalue weighted by atomic mass is 10.1. The Balaban J connectivity index is 2.02. The van der Waals surface area contributed by atoms with Crippen molar-refractivity contribution in [3.05, 3.63) is 26.9 Å². The minimum atomic E-state index is -0.517. The SMILES string of the molecule is CC1(C)CNCC(COc2ncc(Br)cc2[N+](=O)[O-])O1. The van der Waals surface area contributed by atoms with Gasteiger partial charge in [0.15, 0.2) is 0 Å². The summed E-state index contributed by atoms with van der Waals surface area (Å²) < 4.78 is 11.8. The summed E-state index contributed by atoms with van der Waals surface area (Å²) in [5, 5.41) is 14.2. The molecule has 1 saturated heterocycles. The van der Waals surface area contributed by atoms with Crippen LogP contribution in [-0.4, -0.2) is 41.3 Å². The Morgan fingerprint density at radius 1 is 1.70 bits per heavy atom. The summed E-state index contributed by atoms with van der Waals surface area (Å²) in [4.78, 5) is 14.4. The van der Waals surface area contributed by atoms with Gasteiger partial charge in [-0.25, -0.2) is 4.98 Å². The zero-order valence-electron chi connectivity index (χ0n) is 11.3. The van der Waals surface area contributed by atoms with Gasteiger partial charge in [-0.05, 0) is 29.8 Å². The van der Waals surface area contributed by atoms with E-state index in [0.717, 1.165) is 6.54 Å². The van der Waals surface area contributed by atoms with E-state index in [1.165, 1.54) is 12.3 Å². The van der Waals surface area contributed by atoms with E-state index in [-0.39, 0.29) is 29.9 Å². The maximum Gasteiger partial charge on any atom is 0.332 e. The Hall–Kier alpha value is -1.25. The summed E-state index contributed by atoms with van der Waals surface area (Å²) in [6, 6.07) is 1.37. The van der Waals surface area contributed by atoms with Crippen molar-refractivity contribution in [2.45, 2.75) is 25.6 Å². The first kappa shape index (κ1) is 15.1. The lowest BCUT2D eigenvalue weighted by Gasteiger charge is -2.36. The van der Waals surface area contributed by atoms with Gasteiger partial charge in [0.05, 0.1) is 10.5 Å². The van der Waals surface area contributed by atoms with Crippen LogP contribution in [0.25, 0.3) is 0 Å². The lowest BCUT2D eigenvalue weighted by molar-refractivity contribution is -0.386. The van der Waals surface area contributed by atoms with Crippen LogP contribution >= 0.6 is 15.9 Å². The highest BCUT2D eigenvalue weighted by Crippen LogP contribution is 2.27. The van der Waals surface area contributed by atoms with Crippen molar-refractivity contribution in [2.75, 3.05) is 19.7 Å². The van der Waals surface area contributed by atoms with Crippen molar-refractivity contribution in [3.8, 4) is 5.88 Å². The molecule has 0 aromatic carbocycles. The quantitative estimate of drug-likeness (QED) is 0.662. The molecule has 0 spiro atoms. The number of halogens is 1. The molecule has 0 saturated carbocycles. The van der Waals surface area contributed by atoms with Gasteiger partial charge in [0, 0.05) is 29.8 Å². The maximum atomic E-state index is 10.9. The van der Waals surface area contributed by atoms with E-state index in [1.807, 2.05) is 13.8 Å². The molecule has 1 aliphatic rings. The van der Waals surface area contributed by atoms with Crippen LogP contribution in [0.2, 0.25) is 0 Å². The molecule has 1 unspecified atom stereocenters. The number of hydrogen-bond donors (Lipinski definition) is 1. The fraction of sp³-hybridized carbons (Fsp3) is 0.583. The van der Waals surface area contributed by atoms with Crippen molar-refractivity contribution in [1.29, 1.82) is 0 Å². The molecule has 1 aliphatic heterocycles. The van der Waals surface area contributed by atoms with E-state index in [2.05, 4.69) is 26.2 Å². The van der Waals surface area contributed by atoms with Gasteiger partial charge in [-0.3, -0.25) is 10.1 Å². The number of pyridine rings is 1. The van der Waals surface area contributed by atoms with Gasteiger partial charge in [0.2, 0.25) is 0 Å². The lowest BCUT2D eigenvalue weighted by Crippen LogP contribution is -2.52. The normalized spacial score (nSPS) is 21.4. The molecule has 2 heterocycles. The predicted octanol–water partition coefficient (Wildman–Crippen LogP) is 1.90. The first-order valence-electron chi connectivity index (χ1n) is 6.19. The van der Waals surface area contributed by atoms with Gasteiger partial charge in [-0.2, -0.15) is 0 Å². The van der Waals surface area contributed by atoms with Crippen LogP contribution in [0, 0.1) is 10.1 Å². The number of hydrogen-bond acceptors (Lipinski definition) is 6. The topological polar surface area (TPSA) is 86.5 Å². The molecule has 2 rings (SSSR count). The zero-order valence-corrected chi connectivity index (χ0v) is 12.8. The van der Waals surface area contributed by atoms with Crippen LogP contribution in [-0.2, 0) is 4.74 Å². The standard InChI is InChI=1S/C12H16BrN3O4/c1-12(2)7-14-5-9(20-12)6-19-11-10(16(17)18)3-8(13)4-15-11/h3-4,9,14H,5-7H2,1-2H3. The number of aromatic nitrogens is 1. The predicted molar refractivity (Wildman–Crippen MR) is 75.9 cm³/mol. The summed E-state index contributed by atoms with van der Waals surface area (Å²) in [6.07, 6.45) is 1.30. The van der Waals surface area contributed by atoms with E-state index in [0.29, 0.717) is 11.0 Å². The number of nitrogens with one attached hydrogen (secondary N) is 1. The van der Waals surface area contributed by atoms with Crippen LogP contribution in [0.3, 0.4) is 0 Å². The molecule has 1 atom stereocenters. The first-order valence-corrected chi connectivity index (χ1v) is 6.98. The third-order valence-electron chi connectivity index (χ3n) is 2.81. The molecule has 1 N–H and O–H groups in total. The van der Waals surface area contributed by atoms with Crippen LogP contribution in [0.15, 0.2) is 16.7 Å². The summed E-state index contributed by atoms with van der Waals surface area (Å²) in [7, 11) is 0. The van der Waals surface area contributed by atoms with Crippen LogP contribution in [0.4, 0.5) is 5.69 Å². The number of rotatable bonds is 4. The third-order valence-corrected chi connectivity index (χ3v) is 3.24. The van der Waals surface area contributed by atoms with Crippen LogP contribution < -0.4 is 10.1 Å². The highest BCUT2D eigenvalue weighted by atomic mass is 79.9. The van der Waals surface area contributed by atoms with E-state index in [4.69, 9.17) is 9.47 Å². The van der Waals surface area contributed by atoms with Crippen LogP contribution in [0.5, 0.6) is 5.88 Å². The van der Waals surface area contributed by atoms with Crippen molar-refractivity contribution >= 4 is 21.6 Å². The first-order chi connectivity index (χ1) is 9.37. The molecule has 1 aromatic heterocycles. The molecule has 1 fully saturated rings. The van der Waals surface area contributed by atoms with E-state index in [1.54, 1.807) is 0 Å². The summed E-state index contributed by atoms with van der Waals surface area (Å²) in [5.41, 5.74) is -0.437. The highest BCUT2D eigenvalue weighted by Gasteiger charge is 2.29. The number of ether oxygens (including phenoxy) is 2. The molecule has 0 radical (unpaired) electrons. The summed E-state index contributed by atoms with van der Waals surface area (Å²) in [5.74, 6) is 0.00480. The monoisotopic (exact) mass is 345 g/mol. The Morgan fingerprint density at radius 3 is 3.10 bits per heavy atom. The molecule has 110 valence electrons. The molecule has 0 bridgehead atoms. The summed E-state index contributed by atoms with van der Waals surface area (Å²) >= 11 is 3.15. The molecule has 7 nitrogen and oxygen atoms in total. The van der Waals surface area contributed by atoms with Crippen LogP contribution in [0.1, 0.15) is 13.8 Å². The fourth-order valence-electron chi connectivity index (χ4n) is 1.99. The Kier molecular flexibility index (Phi) is 4.56. The third kappa shape index (κ3) is 3.87. The number of nitrogens with zero attached hydrogens (tertiary/aromatic N) is 2. The molecule has 8 heteroatoms. The molecule has 1 aromatic rings. The average Bonchev–Trinajstić information content (AvgIpc) is 2.36. The van der Waals surface area contributed by atoms with Gasteiger partial charge >= 0.3 is 5.69 Å². The Labute approximate surface area is 124 Å². The van der Waals surface area contributed by atoms with Gasteiger partial charge in [-0.1, -0.05) is 0 Å². The second kappa shape index (κ2) is 6.02. The van der Waals surface area contributed by atoms with Gasteiger partial charge in [0.25, 0.3) is 5.88 Å². The number of morpholine rings is 1. The minimum absolute atomic E-state index is 0.00480. The largest absolute Gasteiger partial charge is 0.470 e. The maximum absolute atomic E-state index is 10.9. The van der Waals surface area contributed by atoms with E-state index in [9.17, 15) is 10.1 Å². The van der Waals surface area contributed by atoms with Gasteiger partial charge < -0.3 is 14.8 Å². The Morgan fingerprint density at radius 2 is 2.45 bits per heavy atom. The number of nitro groups is 1.